The van der Waals surface area contributed by atoms with Gasteiger partial charge in [-0.1, -0.05) is 0 Å². The van der Waals surface area contributed by atoms with E-state index >= 15 is 0 Å². The number of ether oxygens (including phenoxy) is 1. The van der Waals surface area contributed by atoms with Crippen molar-refractivity contribution in [3.8, 4) is 5.75 Å². The molecule has 0 saturated carbocycles. The highest BCUT2D eigenvalue weighted by atomic mass is 16.5. The predicted molar refractivity (Wildman–Crippen MR) is 80.5 cm³/mol. The van der Waals surface area contributed by atoms with E-state index in [1.165, 1.54) is 4.90 Å². The van der Waals surface area contributed by atoms with Gasteiger partial charge in [-0.25, -0.2) is 4.98 Å². The lowest BCUT2D eigenvalue weighted by Gasteiger charge is -2.34. The van der Waals surface area contributed by atoms with Crippen molar-refractivity contribution in [3.63, 3.8) is 0 Å². The lowest BCUT2D eigenvalue weighted by molar-refractivity contribution is -0.133. The van der Waals surface area contributed by atoms with E-state index < -0.39 is 6.10 Å². The summed E-state index contributed by atoms with van der Waals surface area (Å²) in [6.07, 6.45) is -0.645. The Labute approximate surface area is 128 Å². The molecule has 0 aliphatic carbocycles. The maximum atomic E-state index is 12.4. The first-order chi connectivity index (χ1) is 10.6. The largest absolute Gasteiger partial charge is 0.477 e. The fraction of sp³-hybridized carbons (Fsp3) is 0.500. The Morgan fingerprint density at radius 3 is 2.91 bits per heavy atom. The number of anilines is 2. The van der Waals surface area contributed by atoms with Gasteiger partial charge in [0, 0.05) is 26.2 Å². The normalized spacial score (nSPS) is 21.3. The zero-order chi connectivity index (χ0) is 15.7. The number of rotatable bonds is 2. The van der Waals surface area contributed by atoms with E-state index in [0.717, 1.165) is 13.1 Å². The standard InChI is InChI=1S/C14H19N5O3/c1-9-14(21)19(8-12(20)18-6-4-16-5-7-18)13-10(22-9)2-3-11(15)17-13/h2-3,9,16H,4-8H2,1H3,(H2,15,17). The Hall–Kier alpha value is -2.35. The Bertz CT molecular complexity index is 600. The number of pyridine rings is 1. The molecule has 3 heterocycles. The minimum Gasteiger partial charge on any atom is -0.477 e. The van der Waals surface area contributed by atoms with Crippen molar-refractivity contribution < 1.29 is 14.3 Å². The van der Waals surface area contributed by atoms with Crippen LogP contribution in [0.2, 0.25) is 0 Å². The predicted octanol–water partition coefficient (Wildman–Crippen LogP) is -0.790. The molecule has 2 aliphatic heterocycles. The van der Waals surface area contributed by atoms with E-state index in [4.69, 9.17) is 10.5 Å². The summed E-state index contributed by atoms with van der Waals surface area (Å²) in [6.45, 7) is 4.43. The van der Waals surface area contributed by atoms with Crippen LogP contribution in [0.4, 0.5) is 11.6 Å². The third-order valence-corrected chi connectivity index (χ3v) is 3.80. The van der Waals surface area contributed by atoms with Gasteiger partial charge >= 0.3 is 0 Å². The lowest BCUT2D eigenvalue weighted by Crippen LogP contribution is -2.53. The van der Waals surface area contributed by atoms with Gasteiger partial charge in [-0.3, -0.25) is 14.5 Å². The first-order valence-corrected chi connectivity index (χ1v) is 7.29. The van der Waals surface area contributed by atoms with Crippen LogP contribution in [0.15, 0.2) is 12.1 Å². The smallest absolute Gasteiger partial charge is 0.269 e. The number of nitrogens with zero attached hydrogens (tertiary/aromatic N) is 3. The minimum atomic E-state index is -0.645. The average molecular weight is 305 g/mol. The molecule has 1 fully saturated rings. The molecule has 0 spiro atoms. The minimum absolute atomic E-state index is 0.0456. The van der Waals surface area contributed by atoms with Crippen LogP contribution in [0.25, 0.3) is 0 Å². The molecule has 2 amide bonds. The molecule has 3 rings (SSSR count). The lowest BCUT2D eigenvalue weighted by atomic mass is 10.2. The molecule has 1 aromatic heterocycles. The molecule has 1 saturated heterocycles. The summed E-state index contributed by atoms with van der Waals surface area (Å²) in [5.41, 5.74) is 5.69. The van der Waals surface area contributed by atoms with E-state index in [1.54, 1.807) is 24.0 Å². The summed E-state index contributed by atoms with van der Waals surface area (Å²) < 4.78 is 5.51. The maximum Gasteiger partial charge on any atom is 0.269 e. The van der Waals surface area contributed by atoms with Crippen molar-refractivity contribution in [1.82, 2.24) is 15.2 Å². The second-order valence-electron chi connectivity index (χ2n) is 5.37. The number of aromatic nitrogens is 1. The number of fused-ring (bicyclic) bond motifs is 1. The van der Waals surface area contributed by atoms with Gasteiger partial charge in [-0.15, -0.1) is 0 Å². The molecule has 0 radical (unpaired) electrons. The SMILES string of the molecule is CC1Oc2ccc(N)nc2N(CC(=O)N2CCNCC2)C1=O. The maximum absolute atomic E-state index is 12.4. The summed E-state index contributed by atoms with van der Waals surface area (Å²) in [4.78, 5) is 32.0. The Morgan fingerprint density at radius 2 is 2.18 bits per heavy atom. The molecule has 0 bridgehead atoms. The first-order valence-electron chi connectivity index (χ1n) is 7.29. The van der Waals surface area contributed by atoms with Gasteiger partial charge in [-0.05, 0) is 19.1 Å². The highest BCUT2D eigenvalue weighted by molar-refractivity contribution is 6.02. The number of piperazine rings is 1. The van der Waals surface area contributed by atoms with Crippen molar-refractivity contribution in [2.75, 3.05) is 43.4 Å². The summed E-state index contributed by atoms with van der Waals surface area (Å²) in [5, 5.41) is 3.19. The van der Waals surface area contributed by atoms with Gasteiger partial charge < -0.3 is 20.7 Å². The van der Waals surface area contributed by atoms with E-state index in [9.17, 15) is 9.59 Å². The molecule has 118 valence electrons. The number of amides is 2. The number of hydrogen-bond acceptors (Lipinski definition) is 6. The van der Waals surface area contributed by atoms with E-state index in [0.29, 0.717) is 24.7 Å². The van der Waals surface area contributed by atoms with Gasteiger partial charge in [0.1, 0.15) is 12.4 Å². The molecule has 2 aliphatic rings. The number of hydrogen-bond donors (Lipinski definition) is 2. The first kappa shape index (κ1) is 14.6. The Kier molecular flexibility index (Phi) is 3.84. The summed E-state index contributed by atoms with van der Waals surface area (Å²) in [5.74, 6) is 0.679. The molecule has 1 unspecified atom stereocenters. The highest BCUT2D eigenvalue weighted by Crippen LogP contribution is 2.32. The van der Waals surface area contributed by atoms with Gasteiger partial charge in [0.15, 0.2) is 17.7 Å². The van der Waals surface area contributed by atoms with Crippen molar-refractivity contribution in [2.45, 2.75) is 13.0 Å². The van der Waals surface area contributed by atoms with Crippen LogP contribution in [0.1, 0.15) is 6.92 Å². The van der Waals surface area contributed by atoms with Gasteiger partial charge in [0.05, 0.1) is 0 Å². The number of carbonyl (C=O) groups excluding carboxylic acids is 2. The van der Waals surface area contributed by atoms with Crippen molar-refractivity contribution >= 4 is 23.5 Å². The summed E-state index contributed by atoms with van der Waals surface area (Å²) >= 11 is 0. The van der Waals surface area contributed by atoms with E-state index in [1.807, 2.05) is 0 Å². The van der Waals surface area contributed by atoms with Crippen LogP contribution in [0.5, 0.6) is 5.75 Å². The van der Waals surface area contributed by atoms with E-state index in [2.05, 4.69) is 10.3 Å². The number of nitrogen functional groups attached to an aromatic ring is 1. The van der Waals surface area contributed by atoms with Crippen LogP contribution in [-0.4, -0.2) is 60.5 Å². The quantitative estimate of drug-likeness (QED) is 0.742. The second-order valence-corrected chi connectivity index (χ2v) is 5.37. The number of carbonyl (C=O) groups is 2. The molecule has 0 aromatic carbocycles. The number of nitrogens with two attached hydrogens (primary N) is 1. The van der Waals surface area contributed by atoms with Crippen LogP contribution in [0.3, 0.4) is 0 Å². The molecular formula is C14H19N5O3. The van der Waals surface area contributed by atoms with Gasteiger partial charge in [0.25, 0.3) is 5.91 Å². The summed E-state index contributed by atoms with van der Waals surface area (Å²) in [6, 6.07) is 3.28. The van der Waals surface area contributed by atoms with E-state index in [-0.39, 0.29) is 24.2 Å². The number of nitrogens with one attached hydrogen (secondary N) is 1. The van der Waals surface area contributed by atoms with Crippen LogP contribution in [0, 0.1) is 0 Å². The monoisotopic (exact) mass is 305 g/mol. The molecule has 8 heteroatoms. The van der Waals surface area contributed by atoms with Crippen LogP contribution >= 0.6 is 0 Å². The molecule has 22 heavy (non-hydrogen) atoms. The van der Waals surface area contributed by atoms with Gasteiger partial charge in [-0.2, -0.15) is 0 Å². The molecule has 8 nitrogen and oxygen atoms in total. The fourth-order valence-corrected chi connectivity index (χ4v) is 2.60. The fourth-order valence-electron chi connectivity index (χ4n) is 2.60. The zero-order valence-corrected chi connectivity index (χ0v) is 12.4. The Balaban J connectivity index is 1.83. The van der Waals surface area contributed by atoms with Crippen molar-refractivity contribution in [3.05, 3.63) is 12.1 Å². The Morgan fingerprint density at radius 1 is 1.45 bits per heavy atom. The van der Waals surface area contributed by atoms with Crippen LogP contribution < -0.4 is 20.7 Å². The molecule has 3 N–H and O–H groups in total. The average Bonchev–Trinajstić information content (AvgIpc) is 2.53. The molecular weight excluding hydrogens is 286 g/mol. The van der Waals surface area contributed by atoms with Crippen molar-refractivity contribution in [2.24, 2.45) is 0 Å². The van der Waals surface area contributed by atoms with Gasteiger partial charge in [0.2, 0.25) is 5.91 Å². The third kappa shape index (κ3) is 2.69. The topological polar surface area (TPSA) is 101 Å². The van der Waals surface area contributed by atoms with Crippen molar-refractivity contribution in [1.29, 1.82) is 0 Å². The molecule has 1 aromatic rings. The zero-order valence-electron chi connectivity index (χ0n) is 12.4. The van der Waals surface area contributed by atoms with Crippen LogP contribution in [-0.2, 0) is 9.59 Å². The highest BCUT2D eigenvalue weighted by Gasteiger charge is 2.35. The third-order valence-electron chi connectivity index (χ3n) is 3.80. The summed E-state index contributed by atoms with van der Waals surface area (Å²) in [7, 11) is 0. The second kappa shape index (κ2) is 5.80. The molecule has 1 atom stereocenters.